The molecule has 4 atom stereocenters. The van der Waals surface area contributed by atoms with E-state index in [4.69, 9.17) is 49.5 Å². The van der Waals surface area contributed by atoms with Gasteiger partial charge in [0.05, 0.1) is 141 Å². The molecule has 0 unspecified atom stereocenters. The summed E-state index contributed by atoms with van der Waals surface area (Å²) in [5.74, 6) is -1.78. The third kappa shape index (κ3) is 21.5. The number of benzene rings is 8. The number of halogens is 8. The van der Waals surface area contributed by atoms with E-state index >= 15 is 0 Å². The first-order chi connectivity index (χ1) is 58.0. The summed E-state index contributed by atoms with van der Waals surface area (Å²) in [6.07, 6.45) is 2.94. The number of H-pyrrole nitrogens is 2. The fraction of sp³-hybridized carbons (Fsp3) is 0.373. The molecule has 0 aliphatic heterocycles. The summed E-state index contributed by atoms with van der Waals surface area (Å²) in [7, 11) is -8.25. The number of aromatic nitrogens is 8. The van der Waals surface area contributed by atoms with Crippen LogP contribution in [-0.2, 0) is 45.5 Å². The van der Waals surface area contributed by atoms with E-state index in [9.17, 15) is 83.6 Å². The Morgan fingerprint density at radius 3 is 1.02 bits per heavy atom. The minimum absolute atomic E-state index is 0.00628. The lowest BCUT2D eigenvalue weighted by atomic mass is 10.1. The van der Waals surface area contributed by atoms with Crippen molar-refractivity contribution in [3.8, 4) is 46.0 Å². The second kappa shape index (κ2) is 37.5. The van der Waals surface area contributed by atoms with Gasteiger partial charge < -0.3 is 47.9 Å². The number of nitrogens with one attached hydrogen (secondary N) is 2. The largest absolute Gasteiger partial charge is 0.493 e. The number of hydrogen-bond donors (Lipinski definition) is 2. The van der Waals surface area contributed by atoms with Gasteiger partial charge in [0.25, 0.3) is 0 Å². The van der Waals surface area contributed by atoms with Crippen LogP contribution in [0.2, 0.25) is 5.02 Å². The van der Waals surface area contributed by atoms with E-state index in [1.165, 1.54) is 68.6 Å². The zero-order valence-corrected chi connectivity index (χ0v) is 72.7. The van der Waals surface area contributed by atoms with Gasteiger partial charge >= 0.3 is 28.9 Å². The molecule has 12 aromatic rings. The number of aromatic amines is 2. The number of rotatable bonds is 30. The van der Waals surface area contributed by atoms with Crippen LogP contribution in [0.4, 0.5) is 30.7 Å². The van der Waals surface area contributed by atoms with Crippen molar-refractivity contribution in [2.45, 2.75) is 95.8 Å². The average molecular weight is 1820 g/mol. The Morgan fingerprint density at radius 1 is 0.390 bits per heavy atom. The predicted molar refractivity (Wildman–Crippen MR) is 452 cm³/mol. The van der Waals surface area contributed by atoms with Gasteiger partial charge in [0.15, 0.2) is 51.8 Å². The number of imidazole rings is 4. The third-order valence-corrected chi connectivity index (χ3v) is 23.9. The molecule has 2 aliphatic carbocycles. The van der Waals surface area contributed by atoms with Crippen LogP contribution in [-0.4, -0.2) is 174 Å². The lowest BCUT2D eigenvalue weighted by Gasteiger charge is -2.20. The van der Waals surface area contributed by atoms with Crippen LogP contribution in [0.1, 0.15) is 117 Å². The standard InChI is InChI=1S/C22H25ClN2O5S.C22H25FN2O5S.C20H20F4N2O5S.C19H20F2N2O5S/c2*1-4-30-21-11-14(5-10-20(21)29-2)19(13-31(3,27)28)25-17-9-6-15(23)12-18(17)24(22(25)26)16-7-8-16;1-4-31-17-7-11(5-6-16(17)30-2)15(10-32(3,28)29)26-18-13(21)8-12(20(22,23)24)9-14(18)25-19(26)27;1-4-28-17-7-11(5-6-16(17)27-2)15(10-29(3,25)26)23-18-13(21)8-12(20)9-14(18)22-19(23)24/h2*5-6,9-12,16,19H,4,7-8,13H2,1-3H3;5-9,15H,4,10H2,1-3H3,(H,25,27);5-9,15H,4,10H2,1-3H3,(H,22,24)/t2*19-;2*15-/m1111/s1. The molecule has 2 N–H and O–H groups in total. The quantitative estimate of drug-likeness (QED) is 0.0395. The molecule has 2 fully saturated rings. The highest BCUT2D eigenvalue weighted by Gasteiger charge is 2.38. The Morgan fingerprint density at radius 2 is 0.707 bits per heavy atom. The fourth-order valence-electron chi connectivity index (χ4n) is 14.7. The van der Waals surface area contributed by atoms with Crippen molar-refractivity contribution in [3.05, 3.63) is 232 Å². The molecule has 4 aromatic heterocycles. The molecule has 0 amide bonds. The normalized spacial score (nSPS) is 14.2. The zero-order chi connectivity index (χ0) is 89.9. The zero-order valence-electron chi connectivity index (χ0n) is 68.7. The second-order valence-corrected chi connectivity index (χ2v) is 38.5. The number of nitrogens with zero attached hydrogens (tertiary/aromatic N) is 6. The number of sulfone groups is 4. The molecular formula is C83H90ClF7N8O20S4. The summed E-state index contributed by atoms with van der Waals surface area (Å²) in [4.78, 5) is 56.9. The van der Waals surface area contributed by atoms with Crippen LogP contribution in [0.3, 0.4) is 0 Å². The maximum Gasteiger partial charge on any atom is 0.416 e. The van der Waals surface area contributed by atoms with E-state index in [0.717, 1.165) is 65.2 Å². The van der Waals surface area contributed by atoms with Crippen LogP contribution in [0.25, 0.3) is 44.1 Å². The number of methoxy groups -OCH3 is 4. The van der Waals surface area contributed by atoms with E-state index in [0.29, 0.717) is 110 Å². The van der Waals surface area contributed by atoms with Crippen LogP contribution < -0.4 is 60.7 Å². The van der Waals surface area contributed by atoms with Gasteiger partial charge in [-0.1, -0.05) is 35.9 Å². The molecule has 28 nitrogen and oxygen atoms in total. The average Bonchev–Trinajstić information content (AvgIpc) is 1.58. The Balaban J connectivity index is 0.000000160. The minimum atomic E-state index is -4.83. The summed E-state index contributed by atoms with van der Waals surface area (Å²) in [6, 6.07) is 27.7. The lowest BCUT2D eigenvalue weighted by Crippen LogP contribution is -2.31. The predicted octanol–water partition coefficient (Wildman–Crippen LogP) is 13.3. The van der Waals surface area contributed by atoms with Crippen molar-refractivity contribution in [2.24, 2.45) is 0 Å². The number of fused-ring (bicyclic) bond motifs is 4. The van der Waals surface area contributed by atoms with E-state index in [1.54, 1.807) is 107 Å². The van der Waals surface area contributed by atoms with Gasteiger partial charge in [0, 0.05) is 48.2 Å². The third-order valence-electron chi connectivity index (χ3n) is 20.0. The number of ether oxygens (including phenoxy) is 8. The van der Waals surface area contributed by atoms with Crippen molar-refractivity contribution in [1.29, 1.82) is 0 Å². The molecule has 0 spiro atoms. The van der Waals surface area contributed by atoms with Crippen LogP contribution in [0, 0.1) is 23.3 Å². The Kier molecular flexibility index (Phi) is 28.2. The highest BCUT2D eigenvalue weighted by atomic mass is 35.5. The van der Waals surface area contributed by atoms with Gasteiger partial charge in [0.2, 0.25) is 0 Å². The van der Waals surface area contributed by atoms with Crippen LogP contribution in [0.5, 0.6) is 46.0 Å². The van der Waals surface area contributed by atoms with Crippen molar-refractivity contribution in [1.82, 2.24) is 37.4 Å². The van der Waals surface area contributed by atoms with Crippen LogP contribution in [0.15, 0.2) is 153 Å². The number of hydrogen-bond acceptors (Lipinski definition) is 20. The SMILES string of the molecule is CCOc1cc([C@@H](CS(C)(=O)=O)n2c(=O)[nH]c3cc(C(F)(F)F)cc(F)c32)ccc1OC.CCOc1cc([C@@H](CS(C)(=O)=O)n2c(=O)[nH]c3cc(F)cc(F)c32)ccc1OC.CCOc1cc([C@@H](CS(C)(=O)=O)n2c(=O)n(C3CC3)c3cc(Cl)ccc32)ccc1OC.CCOc1cc([C@@H](CS(C)(=O)=O)n2c(=O)n(C3CC3)c3cc(F)ccc32)ccc1OC. The van der Waals surface area contributed by atoms with E-state index in [1.807, 2.05) is 13.8 Å². The van der Waals surface area contributed by atoms with Gasteiger partial charge in [-0.15, -0.1) is 0 Å². The van der Waals surface area contributed by atoms with Gasteiger partial charge in [-0.3, -0.25) is 27.4 Å². The maximum atomic E-state index is 14.8. The topological polar surface area (TPSA) is 340 Å². The smallest absolute Gasteiger partial charge is 0.416 e. The maximum absolute atomic E-state index is 14.8. The minimum Gasteiger partial charge on any atom is -0.493 e. The summed E-state index contributed by atoms with van der Waals surface area (Å²) >= 11 is 6.22. The van der Waals surface area contributed by atoms with Gasteiger partial charge in [-0.05, 0) is 179 Å². The molecule has 14 rings (SSSR count). The van der Waals surface area contributed by atoms with Crippen molar-refractivity contribution in [2.75, 3.05) is 103 Å². The Hall–Kier alpha value is -11.2. The summed E-state index contributed by atoms with van der Waals surface area (Å²) in [5, 5.41) is 0.529. The molecule has 0 radical (unpaired) electrons. The highest BCUT2D eigenvalue weighted by molar-refractivity contribution is 7.91. The molecule has 2 saturated carbocycles. The van der Waals surface area contributed by atoms with Gasteiger partial charge in [0.1, 0.15) is 67.8 Å². The summed E-state index contributed by atoms with van der Waals surface area (Å²) < 4.78 is 246. The molecule has 4 heterocycles. The van der Waals surface area contributed by atoms with Crippen molar-refractivity contribution in [3.63, 3.8) is 0 Å². The first-order valence-corrected chi connectivity index (χ1v) is 47.0. The highest BCUT2D eigenvalue weighted by Crippen LogP contribution is 2.43. The number of alkyl halides is 3. The molecule has 0 saturated heterocycles. The Bertz CT molecular complexity index is 6510. The molecular weight excluding hydrogens is 1730 g/mol. The first-order valence-electron chi connectivity index (χ1n) is 38.3. The monoisotopic (exact) mass is 1810 g/mol. The van der Waals surface area contributed by atoms with Crippen molar-refractivity contribution >= 4 is 95.1 Å². The summed E-state index contributed by atoms with van der Waals surface area (Å²) in [6.45, 7) is 8.61. The molecule has 2 aliphatic rings. The Labute approximate surface area is 706 Å². The molecule has 662 valence electrons. The van der Waals surface area contributed by atoms with Crippen molar-refractivity contribution < 1.29 is 102 Å². The molecule has 123 heavy (non-hydrogen) atoms. The fourth-order valence-corrected chi connectivity index (χ4v) is 18.5. The molecule has 8 aromatic carbocycles. The first kappa shape index (κ1) is 92.6. The molecule has 40 heteroatoms. The van der Waals surface area contributed by atoms with E-state index < -0.39 is 132 Å². The van der Waals surface area contributed by atoms with Gasteiger partial charge in [-0.25, -0.2) is 70.4 Å². The van der Waals surface area contributed by atoms with Crippen LogP contribution >= 0.6 is 11.6 Å². The lowest BCUT2D eigenvalue weighted by molar-refractivity contribution is -0.137. The molecule has 0 bridgehead atoms. The van der Waals surface area contributed by atoms with E-state index in [2.05, 4.69) is 9.97 Å². The second-order valence-electron chi connectivity index (χ2n) is 29.3. The van der Waals surface area contributed by atoms with Gasteiger partial charge in [-0.2, -0.15) is 13.2 Å². The summed E-state index contributed by atoms with van der Waals surface area (Å²) in [5.41, 5.74) is -0.455. The van der Waals surface area contributed by atoms with E-state index in [-0.39, 0.29) is 70.0 Å².